The molecule has 1 fully saturated rings. The molecule has 0 bridgehead atoms. The SMILES string of the molecule is Fc1ccc(OCCCN2CCN(C3=Nc4cc(Cl)ccc4Nc4ccccc43)CC2)cc1. The summed E-state index contributed by atoms with van der Waals surface area (Å²) in [5, 5.41) is 4.19. The standard InChI is InChI=1S/C26H26ClFN4O/c27-19-6-11-24-25(18-19)30-26(22-4-1-2-5-23(22)29-24)32-15-13-31(14-16-32)12-3-17-33-21-9-7-20(28)8-10-21/h1-2,4-11,18,29H,3,12-17H2. The molecule has 170 valence electrons. The Morgan fingerprint density at radius 3 is 2.55 bits per heavy atom. The second kappa shape index (κ2) is 9.81. The lowest BCUT2D eigenvalue weighted by Gasteiger charge is -2.36. The topological polar surface area (TPSA) is 40.1 Å². The first-order valence-corrected chi connectivity index (χ1v) is 11.6. The molecule has 2 heterocycles. The van der Waals surface area contributed by atoms with E-state index in [4.69, 9.17) is 21.3 Å². The number of anilines is 2. The smallest absolute Gasteiger partial charge is 0.138 e. The molecule has 0 saturated carbocycles. The van der Waals surface area contributed by atoms with Crippen LogP contribution in [-0.2, 0) is 0 Å². The molecule has 0 unspecified atom stereocenters. The molecular weight excluding hydrogens is 439 g/mol. The molecule has 1 N–H and O–H groups in total. The van der Waals surface area contributed by atoms with Gasteiger partial charge in [-0.05, 0) is 61.0 Å². The van der Waals surface area contributed by atoms with Gasteiger partial charge < -0.3 is 15.0 Å². The molecule has 2 aliphatic rings. The van der Waals surface area contributed by atoms with Gasteiger partial charge in [-0.3, -0.25) is 4.90 Å². The third-order valence-electron chi connectivity index (χ3n) is 6.00. The van der Waals surface area contributed by atoms with E-state index in [0.717, 1.165) is 67.6 Å². The third-order valence-corrected chi connectivity index (χ3v) is 6.23. The molecule has 1 saturated heterocycles. The van der Waals surface area contributed by atoms with Crippen molar-refractivity contribution in [2.24, 2.45) is 4.99 Å². The fourth-order valence-corrected chi connectivity index (χ4v) is 4.41. The van der Waals surface area contributed by atoms with Crippen LogP contribution in [0.15, 0.2) is 71.7 Å². The lowest BCUT2D eigenvalue weighted by atomic mass is 10.1. The number of amidine groups is 1. The minimum Gasteiger partial charge on any atom is -0.494 e. The predicted octanol–water partition coefficient (Wildman–Crippen LogP) is 5.70. The van der Waals surface area contributed by atoms with Crippen molar-refractivity contribution >= 4 is 34.5 Å². The van der Waals surface area contributed by atoms with Crippen molar-refractivity contribution in [2.45, 2.75) is 6.42 Å². The van der Waals surface area contributed by atoms with E-state index in [1.54, 1.807) is 12.1 Å². The minimum atomic E-state index is -0.247. The number of hydrogen-bond acceptors (Lipinski definition) is 5. The number of fused-ring (bicyclic) bond motifs is 2. The highest BCUT2D eigenvalue weighted by molar-refractivity contribution is 6.31. The van der Waals surface area contributed by atoms with Crippen LogP contribution < -0.4 is 10.1 Å². The fraction of sp³-hybridized carbons (Fsp3) is 0.269. The van der Waals surface area contributed by atoms with E-state index >= 15 is 0 Å². The van der Waals surface area contributed by atoms with Crippen LogP contribution >= 0.6 is 11.6 Å². The first-order valence-electron chi connectivity index (χ1n) is 11.3. The average molecular weight is 465 g/mol. The summed E-state index contributed by atoms with van der Waals surface area (Å²) in [7, 11) is 0. The molecule has 0 aliphatic carbocycles. The number of aliphatic imine (C=N–C) groups is 1. The van der Waals surface area contributed by atoms with Crippen LogP contribution in [0.25, 0.3) is 0 Å². The Kier molecular flexibility index (Phi) is 6.46. The number of nitrogens with one attached hydrogen (secondary N) is 1. The van der Waals surface area contributed by atoms with Crippen LogP contribution in [0.5, 0.6) is 5.75 Å². The Balaban J connectivity index is 1.21. The largest absolute Gasteiger partial charge is 0.494 e. The Bertz CT molecular complexity index is 1140. The zero-order valence-electron chi connectivity index (χ0n) is 18.3. The zero-order valence-corrected chi connectivity index (χ0v) is 19.1. The van der Waals surface area contributed by atoms with Crippen LogP contribution in [0, 0.1) is 5.82 Å². The molecule has 0 atom stereocenters. The third kappa shape index (κ3) is 5.13. The zero-order chi connectivity index (χ0) is 22.6. The maximum Gasteiger partial charge on any atom is 0.138 e. The van der Waals surface area contributed by atoms with Crippen LogP contribution in [-0.4, -0.2) is 55.0 Å². The lowest BCUT2D eigenvalue weighted by Crippen LogP contribution is -2.49. The van der Waals surface area contributed by atoms with Gasteiger partial charge in [-0.2, -0.15) is 0 Å². The Labute approximate surface area is 198 Å². The Morgan fingerprint density at radius 2 is 1.73 bits per heavy atom. The van der Waals surface area contributed by atoms with Crippen molar-refractivity contribution in [3.05, 3.63) is 83.1 Å². The number of para-hydroxylation sites is 1. The van der Waals surface area contributed by atoms with Gasteiger partial charge in [-0.15, -0.1) is 0 Å². The van der Waals surface area contributed by atoms with E-state index < -0.39 is 0 Å². The molecule has 5 rings (SSSR count). The molecule has 0 radical (unpaired) electrons. The van der Waals surface area contributed by atoms with Gasteiger partial charge in [0.25, 0.3) is 0 Å². The summed E-state index contributed by atoms with van der Waals surface area (Å²) in [5.74, 6) is 1.45. The highest BCUT2D eigenvalue weighted by Crippen LogP contribution is 2.36. The van der Waals surface area contributed by atoms with E-state index in [9.17, 15) is 4.39 Å². The quantitative estimate of drug-likeness (QED) is 0.491. The monoisotopic (exact) mass is 464 g/mol. The number of hydrogen-bond donors (Lipinski definition) is 1. The van der Waals surface area contributed by atoms with Crippen LogP contribution in [0.4, 0.5) is 21.5 Å². The van der Waals surface area contributed by atoms with Gasteiger partial charge in [0.2, 0.25) is 0 Å². The molecule has 0 spiro atoms. The van der Waals surface area contributed by atoms with Gasteiger partial charge in [0.1, 0.15) is 17.4 Å². The highest BCUT2D eigenvalue weighted by atomic mass is 35.5. The minimum absolute atomic E-state index is 0.247. The fourth-order valence-electron chi connectivity index (χ4n) is 4.24. The number of rotatable bonds is 5. The maximum atomic E-state index is 13.0. The second-order valence-corrected chi connectivity index (χ2v) is 8.69. The number of halogens is 2. The van der Waals surface area contributed by atoms with E-state index in [1.165, 1.54) is 12.1 Å². The van der Waals surface area contributed by atoms with Crippen molar-refractivity contribution in [2.75, 3.05) is 44.6 Å². The summed E-state index contributed by atoms with van der Waals surface area (Å²) >= 11 is 6.26. The predicted molar refractivity (Wildman–Crippen MR) is 132 cm³/mol. The molecule has 2 aliphatic heterocycles. The molecule has 3 aromatic rings. The number of benzene rings is 3. The van der Waals surface area contributed by atoms with E-state index in [2.05, 4.69) is 33.3 Å². The van der Waals surface area contributed by atoms with E-state index in [-0.39, 0.29) is 5.82 Å². The molecule has 0 amide bonds. The van der Waals surface area contributed by atoms with Crippen molar-refractivity contribution in [1.82, 2.24) is 9.80 Å². The summed E-state index contributed by atoms with van der Waals surface area (Å²) in [6.45, 7) is 5.33. The molecule has 5 nitrogen and oxygen atoms in total. The summed E-state index contributed by atoms with van der Waals surface area (Å²) in [5.41, 5.74) is 3.97. The van der Waals surface area contributed by atoms with Crippen LogP contribution in [0.2, 0.25) is 5.02 Å². The Morgan fingerprint density at radius 1 is 0.939 bits per heavy atom. The second-order valence-electron chi connectivity index (χ2n) is 8.25. The normalized spacial score (nSPS) is 15.7. The van der Waals surface area contributed by atoms with Crippen LogP contribution in [0.3, 0.4) is 0 Å². The summed E-state index contributed by atoms with van der Waals surface area (Å²) in [6.07, 6.45) is 0.928. The number of piperazine rings is 1. The van der Waals surface area contributed by atoms with Crippen molar-refractivity contribution in [3.63, 3.8) is 0 Å². The average Bonchev–Trinajstić information content (AvgIpc) is 3.00. The Hall–Kier alpha value is -3.09. The van der Waals surface area contributed by atoms with E-state index in [1.807, 2.05) is 24.3 Å². The first kappa shape index (κ1) is 21.7. The summed E-state index contributed by atoms with van der Waals surface area (Å²) in [6, 6.07) is 20.2. The molecular formula is C26H26ClFN4O. The van der Waals surface area contributed by atoms with Crippen molar-refractivity contribution < 1.29 is 9.13 Å². The molecule has 7 heteroatoms. The van der Waals surface area contributed by atoms with Crippen molar-refractivity contribution in [1.29, 1.82) is 0 Å². The number of ether oxygens (including phenoxy) is 1. The highest BCUT2D eigenvalue weighted by Gasteiger charge is 2.24. The van der Waals surface area contributed by atoms with Gasteiger partial charge >= 0.3 is 0 Å². The van der Waals surface area contributed by atoms with Gasteiger partial charge in [-0.25, -0.2) is 9.38 Å². The van der Waals surface area contributed by atoms with Crippen LogP contribution in [0.1, 0.15) is 12.0 Å². The first-order chi connectivity index (χ1) is 16.2. The molecule has 33 heavy (non-hydrogen) atoms. The summed E-state index contributed by atoms with van der Waals surface area (Å²) in [4.78, 5) is 9.85. The van der Waals surface area contributed by atoms with Gasteiger partial charge in [0.15, 0.2) is 0 Å². The molecule has 3 aromatic carbocycles. The number of nitrogens with zero attached hydrogens (tertiary/aromatic N) is 3. The van der Waals surface area contributed by atoms with Crippen molar-refractivity contribution in [3.8, 4) is 5.75 Å². The van der Waals surface area contributed by atoms with Gasteiger partial charge in [0.05, 0.1) is 18.0 Å². The van der Waals surface area contributed by atoms with E-state index in [0.29, 0.717) is 17.4 Å². The maximum absolute atomic E-state index is 13.0. The molecule has 0 aromatic heterocycles. The van der Waals surface area contributed by atoms with Gasteiger partial charge in [0, 0.05) is 49.0 Å². The van der Waals surface area contributed by atoms with Gasteiger partial charge in [-0.1, -0.05) is 23.7 Å². The summed E-state index contributed by atoms with van der Waals surface area (Å²) < 4.78 is 18.7. The lowest BCUT2D eigenvalue weighted by molar-refractivity contribution is 0.169.